The van der Waals surface area contributed by atoms with Crippen LogP contribution >= 0.6 is 0 Å². The van der Waals surface area contributed by atoms with Gasteiger partial charge in [-0.05, 0) is 0 Å². The van der Waals surface area contributed by atoms with E-state index in [0.29, 0.717) is 0 Å². The third-order valence-electron chi connectivity index (χ3n) is 2.06. The first-order valence-corrected chi connectivity index (χ1v) is 3.95. The molecule has 1 heterocycles. The van der Waals surface area contributed by atoms with Crippen molar-refractivity contribution in [3.8, 4) is 0 Å². The van der Waals surface area contributed by atoms with Crippen molar-refractivity contribution in [3.05, 3.63) is 0 Å². The van der Waals surface area contributed by atoms with Crippen LogP contribution in [0.15, 0.2) is 0 Å². The molecular weight excluding hydrogens is 180 g/mol. The Hall–Kier alpha value is -0.240. The van der Waals surface area contributed by atoms with Crippen LogP contribution in [0.2, 0.25) is 0 Å². The maximum atomic E-state index is 9.33. The summed E-state index contributed by atoms with van der Waals surface area (Å²) in [5.41, 5.74) is 0. The van der Waals surface area contributed by atoms with Crippen LogP contribution in [0.25, 0.3) is 0 Å². The molecule has 0 saturated carbocycles. The minimum atomic E-state index is -1.24. The predicted molar refractivity (Wildman–Crippen MR) is 40.8 cm³/mol. The quantitative estimate of drug-likeness (QED) is 0.394. The van der Waals surface area contributed by atoms with Gasteiger partial charge < -0.3 is 29.9 Å². The second kappa shape index (κ2) is 4.32. The van der Waals surface area contributed by atoms with Gasteiger partial charge in [0, 0.05) is 7.11 Å². The van der Waals surface area contributed by atoms with E-state index in [4.69, 9.17) is 19.7 Å². The largest absolute Gasteiger partial charge is 0.394 e. The smallest absolute Gasteiger partial charge is 0.186 e. The molecule has 1 saturated heterocycles. The van der Waals surface area contributed by atoms with Crippen LogP contribution in [-0.4, -0.2) is 64.8 Å². The zero-order valence-corrected chi connectivity index (χ0v) is 7.20. The zero-order valence-electron chi connectivity index (χ0n) is 7.20. The molecule has 1 unspecified atom stereocenters. The first kappa shape index (κ1) is 10.8. The lowest BCUT2D eigenvalue weighted by Crippen LogP contribution is -2.40. The summed E-state index contributed by atoms with van der Waals surface area (Å²) in [7, 11) is 1.31. The van der Waals surface area contributed by atoms with Gasteiger partial charge in [-0.15, -0.1) is 0 Å². The Kier molecular flexibility index (Phi) is 3.60. The Morgan fingerprint density at radius 2 is 2.00 bits per heavy atom. The van der Waals surface area contributed by atoms with Gasteiger partial charge in [0.2, 0.25) is 0 Å². The molecule has 1 fully saturated rings. The molecule has 0 aliphatic carbocycles. The molecule has 0 bridgehead atoms. The average molecular weight is 194 g/mol. The highest BCUT2D eigenvalue weighted by molar-refractivity contribution is 4.90. The highest BCUT2D eigenvalue weighted by Gasteiger charge is 2.45. The van der Waals surface area contributed by atoms with Crippen LogP contribution in [0.3, 0.4) is 0 Å². The molecule has 0 aromatic heterocycles. The fourth-order valence-corrected chi connectivity index (χ4v) is 1.29. The Bertz CT molecular complexity index is 163. The van der Waals surface area contributed by atoms with Crippen molar-refractivity contribution < 1.29 is 29.9 Å². The number of hydrogen-bond acceptors (Lipinski definition) is 6. The molecule has 0 radical (unpaired) electrons. The third kappa shape index (κ3) is 1.98. The molecule has 1 aliphatic heterocycles. The summed E-state index contributed by atoms with van der Waals surface area (Å²) < 4.78 is 9.65. The number of rotatable bonds is 3. The number of hydrogen-bond donors (Lipinski definition) is 4. The second-order valence-corrected chi connectivity index (χ2v) is 2.94. The summed E-state index contributed by atoms with van der Waals surface area (Å²) in [6.45, 7) is -0.537. The van der Waals surface area contributed by atoms with Gasteiger partial charge in [0.1, 0.15) is 24.4 Å². The second-order valence-electron chi connectivity index (χ2n) is 2.94. The lowest BCUT2D eigenvalue weighted by Gasteiger charge is -2.18. The minimum Gasteiger partial charge on any atom is -0.394 e. The van der Waals surface area contributed by atoms with E-state index >= 15 is 0 Å². The van der Waals surface area contributed by atoms with E-state index in [2.05, 4.69) is 0 Å². The van der Waals surface area contributed by atoms with Crippen molar-refractivity contribution in [1.29, 1.82) is 0 Å². The molecule has 4 N–H and O–H groups in total. The highest BCUT2D eigenvalue weighted by atomic mass is 16.7. The number of aliphatic hydroxyl groups excluding tert-OH is 4. The van der Waals surface area contributed by atoms with Gasteiger partial charge >= 0.3 is 0 Å². The molecule has 0 amide bonds. The van der Waals surface area contributed by atoms with Crippen LogP contribution in [-0.2, 0) is 9.47 Å². The summed E-state index contributed by atoms with van der Waals surface area (Å²) in [6, 6.07) is 0. The number of aliphatic hydroxyl groups is 4. The van der Waals surface area contributed by atoms with Crippen molar-refractivity contribution in [2.75, 3.05) is 13.7 Å². The number of ether oxygens (including phenoxy) is 2. The fourth-order valence-electron chi connectivity index (χ4n) is 1.29. The molecule has 0 aromatic rings. The molecular formula is C7H14O6. The summed E-state index contributed by atoms with van der Waals surface area (Å²) in [5.74, 6) is 0. The zero-order chi connectivity index (χ0) is 10.0. The van der Waals surface area contributed by atoms with Crippen molar-refractivity contribution in [1.82, 2.24) is 0 Å². The van der Waals surface area contributed by atoms with Gasteiger partial charge in [-0.25, -0.2) is 0 Å². The summed E-state index contributed by atoms with van der Waals surface area (Å²) >= 11 is 0. The van der Waals surface area contributed by atoms with Crippen molar-refractivity contribution in [2.24, 2.45) is 0 Å². The van der Waals surface area contributed by atoms with Gasteiger partial charge in [0.15, 0.2) is 6.29 Å². The van der Waals surface area contributed by atoms with Gasteiger partial charge in [0.25, 0.3) is 0 Å². The van der Waals surface area contributed by atoms with E-state index in [1.54, 1.807) is 0 Å². The van der Waals surface area contributed by atoms with Crippen LogP contribution < -0.4 is 0 Å². The fraction of sp³-hybridized carbons (Fsp3) is 1.00. The maximum Gasteiger partial charge on any atom is 0.186 e. The van der Waals surface area contributed by atoms with Gasteiger partial charge in [-0.1, -0.05) is 0 Å². The molecule has 1 aliphatic rings. The van der Waals surface area contributed by atoms with Crippen molar-refractivity contribution >= 4 is 0 Å². The van der Waals surface area contributed by atoms with Crippen LogP contribution in [0.4, 0.5) is 0 Å². The van der Waals surface area contributed by atoms with Crippen LogP contribution in [0.1, 0.15) is 0 Å². The number of methoxy groups -OCH3 is 1. The van der Waals surface area contributed by atoms with Gasteiger partial charge in [-0.2, -0.15) is 0 Å². The molecule has 0 aromatic carbocycles. The Balaban J connectivity index is 2.60. The molecule has 6 heteroatoms. The molecule has 6 nitrogen and oxygen atoms in total. The molecule has 0 spiro atoms. The first-order chi connectivity index (χ1) is 6.11. The monoisotopic (exact) mass is 194 g/mol. The van der Waals surface area contributed by atoms with Crippen LogP contribution in [0, 0.1) is 0 Å². The van der Waals surface area contributed by atoms with E-state index in [9.17, 15) is 10.2 Å². The maximum absolute atomic E-state index is 9.33. The Labute approximate surface area is 75.3 Å². The van der Waals surface area contributed by atoms with E-state index in [1.165, 1.54) is 7.11 Å². The molecule has 78 valence electrons. The lowest BCUT2D eigenvalue weighted by molar-refractivity contribution is -0.166. The topological polar surface area (TPSA) is 99.4 Å². The van der Waals surface area contributed by atoms with Gasteiger partial charge in [-0.3, -0.25) is 0 Å². The standard InChI is InChI=1S/C7H14O6/c1-12-7-5(11)4(10)6(13-7)3(9)2-8/h3-11H,2H2,1H3/t3-,4-,5?,6+,7-/m0/s1. The minimum absolute atomic E-state index is 0.537. The highest BCUT2D eigenvalue weighted by Crippen LogP contribution is 2.23. The average Bonchev–Trinajstić information content (AvgIpc) is 2.43. The Morgan fingerprint density at radius 1 is 1.38 bits per heavy atom. The summed E-state index contributed by atoms with van der Waals surface area (Å²) in [4.78, 5) is 0. The molecule has 5 atom stereocenters. The van der Waals surface area contributed by atoms with E-state index in [1.807, 2.05) is 0 Å². The summed E-state index contributed by atoms with van der Waals surface area (Å²) in [6.07, 6.45) is -5.63. The third-order valence-corrected chi connectivity index (χ3v) is 2.06. The Morgan fingerprint density at radius 3 is 2.38 bits per heavy atom. The predicted octanol–water partition coefficient (Wildman–Crippen LogP) is -2.57. The van der Waals surface area contributed by atoms with Crippen LogP contribution in [0.5, 0.6) is 0 Å². The SMILES string of the molecule is CO[C@H]1O[C@H]([C@@H](O)CO)[C@@H](O)C1O. The van der Waals surface area contributed by atoms with Crippen molar-refractivity contribution in [3.63, 3.8) is 0 Å². The summed E-state index contributed by atoms with van der Waals surface area (Å²) in [5, 5.41) is 36.4. The first-order valence-electron chi connectivity index (χ1n) is 3.95. The van der Waals surface area contributed by atoms with E-state index < -0.39 is 37.3 Å². The normalized spacial score (nSPS) is 42.2. The molecule has 1 rings (SSSR count). The van der Waals surface area contributed by atoms with Crippen molar-refractivity contribution in [2.45, 2.75) is 30.7 Å². The lowest BCUT2D eigenvalue weighted by atomic mass is 10.1. The van der Waals surface area contributed by atoms with E-state index in [-0.39, 0.29) is 0 Å². The molecule has 13 heavy (non-hydrogen) atoms. The van der Waals surface area contributed by atoms with E-state index in [0.717, 1.165) is 0 Å². The van der Waals surface area contributed by atoms with Gasteiger partial charge in [0.05, 0.1) is 6.61 Å².